The number of nitrogens with zero attached hydrogens (tertiary/aromatic N) is 1. The van der Waals surface area contributed by atoms with Crippen LogP contribution < -0.4 is 20.7 Å². The maximum atomic E-state index is 12.4. The van der Waals surface area contributed by atoms with E-state index in [9.17, 15) is 4.79 Å². The highest BCUT2D eigenvalue weighted by atomic mass is 16.5. The minimum Gasteiger partial charge on any atom is -0.491 e. The average molecular weight is 425 g/mol. The van der Waals surface area contributed by atoms with Gasteiger partial charge in [0.2, 0.25) is 0 Å². The highest BCUT2D eigenvalue weighted by Gasteiger charge is 2.14. The summed E-state index contributed by atoms with van der Waals surface area (Å²) in [5.74, 6) is 1.45. The Morgan fingerprint density at radius 1 is 1.13 bits per heavy atom. The highest BCUT2D eigenvalue weighted by Crippen LogP contribution is 2.17. The van der Waals surface area contributed by atoms with Gasteiger partial charge in [-0.05, 0) is 61.2 Å². The number of hydrogen-bond acceptors (Lipinski definition) is 6. The Bertz CT molecular complexity index is 859. The molecule has 31 heavy (non-hydrogen) atoms. The van der Waals surface area contributed by atoms with Crippen molar-refractivity contribution >= 4 is 17.6 Å². The van der Waals surface area contributed by atoms with Crippen molar-refractivity contribution in [1.29, 1.82) is 0 Å². The summed E-state index contributed by atoms with van der Waals surface area (Å²) in [5.41, 5.74) is 2.61. The second-order valence-corrected chi connectivity index (χ2v) is 7.49. The molecule has 1 fully saturated rings. The van der Waals surface area contributed by atoms with Gasteiger partial charge in [0.1, 0.15) is 12.4 Å². The summed E-state index contributed by atoms with van der Waals surface area (Å²) in [7, 11) is 0. The molecule has 1 atom stereocenters. The Kier molecular flexibility index (Phi) is 8.29. The van der Waals surface area contributed by atoms with E-state index in [1.807, 2.05) is 36.4 Å². The maximum absolute atomic E-state index is 12.4. The fourth-order valence-electron chi connectivity index (χ4n) is 3.44. The molecule has 2 aliphatic heterocycles. The molecular weight excluding hydrogens is 392 g/mol. The number of ether oxygens (including phenoxy) is 2. The van der Waals surface area contributed by atoms with E-state index in [1.54, 1.807) is 12.1 Å². The Labute approximate surface area is 184 Å². The van der Waals surface area contributed by atoms with Crippen molar-refractivity contribution in [2.24, 2.45) is 4.99 Å². The summed E-state index contributed by atoms with van der Waals surface area (Å²) < 4.78 is 11.5. The van der Waals surface area contributed by atoms with Crippen LogP contribution in [0.3, 0.4) is 0 Å². The van der Waals surface area contributed by atoms with Crippen LogP contribution in [0.4, 0.5) is 5.69 Å². The largest absolute Gasteiger partial charge is 0.491 e. The normalized spacial score (nSPS) is 17.7. The number of nitrogens with one attached hydrogen (secondary N) is 3. The predicted octanol–water partition coefficient (Wildman–Crippen LogP) is 3.57. The first-order valence-electron chi connectivity index (χ1n) is 10.5. The lowest BCUT2D eigenvalue weighted by atomic mass is 10.1. The van der Waals surface area contributed by atoms with Gasteiger partial charge in [-0.3, -0.25) is 9.79 Å². The monoisotopic (exact) mass is 424 g/mol. The van der Waals surface area contributed by atoms with E-state index in [0.717, 1.165) is 55.5 Å². The summed E-state index contributed by atoms with van der Waals surface area (Å²) >= 11 is 0. The van der Waals surface area contributed by atoms with E-state index >= 15 is 0 Å². The van der Waals surface area contributed by atoms with Crippen LogP contribution in [0.5, 0.6) is 5.75 Å². The Morgan fingerprint density at radius 3 is 2.61 bits per heavy atom. The third-order valence-corrected chi connectivity index (χ3v) is 5.17. The van der Waals surface area contributed by atoms with Crippen molar-refractivity contribution in [2.45, 2.75) is 39.3 Å². The number of hydrogen-bond donors (Lipinski definition) is 3. The fourth-order valence-corrected chi connectivity index (χ4v) is 3.44. The van der Waals surface area contributed by atoms with Crippen LogP contribution in [0.15, 0.2) is 53.5 Å². The molecule has 0 radical (unpaired) electrons. The zero-order valence-corrected chi connectivity index (χ0v) is 17.0. The minimum atomic E-state index is -0.108. The highest BCUT2D eigenvalue weighted by molar-refractivity contribution is 5.95. The Hall–Kier alpha value is -3.06. The molecule has 1 saturated heterocycles. The molecule has 0 aromatic heterocycles. The van der Waals surface area contributed by atoms with Gasteiger partial charge in [-0.2, -0.15) is 0 Å². The van der Waals surface area contributed by atoms with Crippen molar-refractivity contribution in [2.75, 3.05) is 31.6 Å². The maximum Gasteiger partial charge on any atom is 0.251 e. The van der Waals surface area contributed by atoms with Gasteiger partial charge < -0.3 is 25.4 Å². The van der Waals surface area contributed by atoms with Crippen molar-refractivity contribution < 1.29 is 14.3 Å². The SMILES string of the molecule is C.O=C(NCc1ccc(NC2=NCCN2)cc1)c1ccc(OCC2CCCCO2)cc1. The molecule has 2 heterocycles. The Morgan fingerprint density at radius 2 is 1.94 bits per heavy atom. The smallest absolute Gasteiger partial charge is 0.251 e. The van der Waals surface area contributed by atoms with Crippen LogP contribution in [0, 0.1) is 0 Å². The molecular formula is C24H32N4O3. The quantitative estimate of drug-likeness (QED) is 0.633. The summed E-state index contributed by atoms with van der Waals surface area (Å²) in [5, 5.41) is 9.35. The Balaban J connectivity index is 0.00000272. The number of rotatable bonds is 7. The van der Waals surface area contributed by atoms with Gasteiger partial charge in [0.05, 0.1) is 12.6 Å². The second kappa shape index (κ2) is 11.4. The molecule has 7 heteroatoms. The molecule has 2 aromatic rings. The number of carbonyl (C=O) groups excluding carboxylic acids is 1. The molecule has 1 unspecified atom stereocenters. The first-order valence-corrected chi connectivity index (χ1v) is 10.5. The molecule has 4 rings (SSSR count). The molecule has 0 saturated carbocycles. The van der Waals surface area contributed by atoms with Crippen LogP contribution in [-0.4, -0.2) is 44.3 Å². The van der Waals surface area contributed by atoms with Crippen LogP contribution >= 0.6 is 0 Å². The topological polar surface area (TPSA) is 84.0 Å². The van der Waals surface area contributed by atoms with Crippen LogP contribution in [0.2, 0.25) is 0 Å². The van der Waals surface area contributed by atoms with Gasteiger partial charge in [0.15, 0.2) is 5.96 Å². The minimum absolute atomic E-state index is 0. The van der Waals surface area contributed by atoms with Gasteiger partial charge in [0, 0.05) is 30.9 Å². The number of benzene rings is 2. The first-order chi connectivity index (χ1) is 14.8. The van der Waals surface area contributed by atoms with Crippen molar-refractivity contribution in [3.8, 4) is 5.75 Å². The molecule has 0 aliphatic carbocycles. The van der Waals surface area contributed by atoms with Crippen molar-refractivity contribution in [3.63, 3.8) is 0 Å². The molecule has 166 valence electrons. The van der Waals surface area contributed by atoms with E-state index in [-0.39, 0.29) is 19.4 Å². The number of aliphatic imine (C=N–C) groups is 1. The van der Waals surface area contributed by atoms with Gasteiger partial charge in [-0.1, -0.05) is 19.6 Å². The molecule has 3 N–H and O–H groups in total. The van der Waals surface area contributed by atoms with Gasteiger partial charge in [-0.15, -0.1) is 0 Å². The fraction of sp³-hybridized carbons (Fsp3) is 0.417. The van der Waals surface area contributed by atoms with E-state index < -0.39 is 0 Å². The van der Waals surface area contributed by atoms with Gasteiger partial charge in [0.25, 0.3) is 5.91 Å². The number of anilines is 1. The number of amides is 1. The summed E-state index contributed by atoms with van der Waals surface area (Å²) in [6, 6.07) is 15.2. The van der Waals surface area contributed by atoms with Crippen LogP contribution in [0.1, 0.15) is 42.6 Å². The van der Waals surface area contributed by atoms with Crippen molar-refractivity contribution in [3.05, 3.63) is 59.7 Å². The summed E-state index contributed by atoms with van der Waals surface area (Å²) in [6.07, 6.45) is 3.54. The second-order valence-electron chi connectivity index (χ2n) is 7.49. The lowest BCUT2D eigenvalue weighted by Crippen LogP contribution is -2.26. The lowest BCUT2D eigenvalue weighted by Gasteiger charge is -2.22. The van der Waals surface area contributed by atoms with E-state index in [0.29, 0.717) is 18.7 Å². The molecule has 2 aromatic carbocycles. The summed E-state index contributed by atoms with van der Waals surface area (Å²) in [6.45, 7) is 3.51. The molecule has 0 spiro atoms. The molecule has 7 nitrogen and oxygen atoms in total. The molecule has 0 bridgehead atoms. The van der Waals surface area contributed by atoms with E-state index in [4.69, 9.17) is 9.47 Å². The first kappa shape index (κ1) is 22.6. The number of carbonyl (C=O) groups is 1. The summed E-state index contributed by atoms with van der Waals surface area (Å²) in [4.78, 5) is 16.7. The van der Waals surface area contributed by atoms with Gasteiger partial charge in [-0.25, -0.2) is 0 Å². The third kappa shape index (κ3) is 6.72. The molecule has 2 aliphatic rings. The zero-order chi connectivity index (χ0) is 20.6. The molecule has 1 amide bonds. The lowest BCUT2D eigenvalue weighted by molar-refractivity contribution is -0.0110. The zero-order valence-electron chi connectivity index (χ0n) is 17.0. The standard InChI is InChI=1S/C23H28N4O3.CH4/c28-22(18-6-10-20(11-7-18)30-16-21-3-1-2-14-29-21)26-15-17-4-8-19(9-5-17)27-23-24-12-13-25-23;/h4-11,21H,1-3,12-16H2,(H,26,28)(H2,24,25,27);1H4. The van der Waals surface area contributed by atoms with Crippen LogP contribution in [0.25, 0.3) is 0 Å². The average Bonchev–Trinajstić information content (AvgIpc) is 3.31. The van der Waals surface area contributed by atoms with Crippen LogP contribution in [-0.2, 0) is 11.3 Å². The van der Waals surface area contributed by atoms with E-state index in [2.05, 4.69) is 20.9 Å². The predicted molar refractivity (Wildman–Crippen MR) is 124 cm³/mol. The van der Waals surface area contributed by atoms with E-state index in [1.165, 1.54) is 6.42 Å². The third-order valence-electron chi connectivity index (χ3n) is 5.17. The van der Waals surface area contributed by atoms with Gasteiger partial charge >= 0.3 is 0 Å². The van der Waals surface area contributed by atoms with Crippen molar-refractivity contribution in [1.82, 2.24) is 10.6 Å². The number of guanidine groups is 1.